The molecule has 1 unspecified atom stereocenters. The van der Waals surface area contributed by atoms with Crippen molar-refractivity contribution in [2.75, 3.05) is 24.6 Å². The number of aromatic nitrogens is 1. The molecular formula is C27H36F4N4O5S. The molecule has 0 radical (unpaired) electrons. The van der Waals surface area contributed by atoms with Gasteiger partial charge in [-0.05, 0) is 63.3 Å². The third-order valence-corrected chi connectivity index (χ3v) is 7.62. The standard InChI is InChI=1S/C27H36F4N4O5S/c1-16(2)14-40-20-10-18(9-19(28)11-20)22-8-7-21(23(33-22)35-13-17(3)12-25(35,4)5)24(36)34-41(38,39)32-15-26(6,37)27(29,30)31/h7-11,16-17,32,37H,12-15H2,1-6H3,(H,34,36)/t17-,26?/m0/s1. The summed E-state index contributed by atoms with van der Waals surface area (Å²) >= 11 is 0. The van der Waals surface area contributed by atoms with Crippen LogP contribution in [0.1, 0.15) is 58.3 Å². The molecule has 1 aliphatic heterocycles. The molecule has 1 aromatic carbocycles. The minimum Gasteiger partial charge on any atom is -0.493 e. The molecule has 2 heterocycles. The normalized spacial score (nSPS) is 18.8. The molecule has 3 N–H and O–H groups in total. The highest BCUT2D eigenvalue weighted by Crippen LogP contribution is 2.38. The van der Waals surface area contributed by atoms with Crippen LogP contribution in [-0.4, -0.2) is 61.4 Å². The molecule has 1 aliphatic rings. The number of carbonyl (C=O) groups excluding carboxylic acids is 1. The third kappa shape index (κ3) is 8.07. The first-order chi connectivity index (χ1) is 18.7. The Morgan fingerprint density at radius 3 is 2.46 bits per heavy atom. The van der Waals surface area contributed by atoms with Gasteiger partial charge in [0.05, 0.1) is 17.9 Å². The highest BCUT2D eigenvalue weighted by Gasteiger charge is 2.50. The summed E-state index contributed by atoms with van der Waals surface area (Å²) in [6.07, 6.45) is -4.37. The summed E-state index contributed by atoms with van der Waals surface area (Å²) in [7, 11) is -4.81. The van der Waals surface area contributed by atoms with Gasteiger partial charge in [0.25, 0.3) is 5.91 Å². The van der Waals surface area contributed by atoms with Crippen LogP contribution in [0.5, 0.6) is 5.75 Å². The number of rotatable bonds is 10. The number of carbonyl (C=O) groups is 1. The molecule has 228 valence electrons. The van der Waals surface area contributed by atoms with Gasteiger partial charge in [-0.25, -0.2) is 14.1 Å². The molecule has 9 nitrogen and oxygen atoms in total. The van der Waals surface area contributed by atoms with Crippen molar-refractivity contribution in [3.05, 3.63) is 41.7 Å². The zero-order valence-electron chi connectivity index (χ0n) is 23.8. The van der Waals surface area contributed by atoms with Gasteiger partial charge in [-0.15, -0.1) is 0 Å². The Morgan fingerprint density at radius 2 is 1.90 bits per heavy atom. The van der Waals surface area contributed by atoms with Crippen LogP contribution >= 0.6 is 0 Å². The van der Waals surface area contributed by atoms with Crippen molar-refractivity contribution in [3.63, 3.8) is 0 Å². The maximum atomic E-state index is 14.5. The molecule has 2 atom stereocenters. The molecule has 0 aliphatic carbocycles. The number of aliphatic hydroxyl groups is 1. The molecule has 0 saturated carbocycles. The molecule has 0 bridgehead atoms. The summed E-state index contributed by atoms with van der Waals surface area (Å²) in [6.45, 7) is 9.61. The zero-order valence-corrected chi connectivity index (χ0v) is 24.6. The highest BCUT2D eigenvalue weighted by atomic mass is 32.2. The lowest BCUT2D eigenvalue weighted by Gasteiger charge is -2.34. The fourth-order valence-electron chi connectivity index (χ4n) is 4.56. The number of hydrogen-bond acceptors (Lipinski definition) is 7. The summed E-state index contributed by atoms with van der Waals surface area (Å²) < 4.78 is 87.2. The maximum absolute atomic E-state index is 14.5. The van der Waals surface area contributed by atoms with Gasteiger partial charge in [0.2, 0.25) is 0 Å². The van der Waals surface area contributed by atoms with Crippen LogP contribution < -0.4 is 19.1 Å². The lowest BCUT2D eigenvalue weighted by Crippen LogP contribution is -2.53. The van der Waals surface area contributed by atoms with Crippen molar-refractivity contribution < 1.29 is 40.6 Å². The lowest BCUT2D eigenvalue weighted by atomic mass is 9.97. The second-order valence-electron chi connectivity index (χ2n) is 11.7. The Balaban J connectivity index is 1.99. The van der Waals surface area contributed by atoms with Crippen molar-refractivity contribution in [2.24, 2.45) is 11.8 Å². The van der Waals surface area contributed by atoms with E-state index in [9.17, 15) is 35.9 Å². The van der Waals surface area contributed by atoms with Gasteiger partial charge < -0.3 is 14.7 Å². The number of alkyl halides is 3. The average Bonchev–Trinajstić information content (AvgIpc) is 3.11. The van der Waals surface area contributed by atoms with E-state index in [0.29, 0.717) is 37.1 Å². The van der Waals surface area contributed by atoms with Crippen LogP contribution in [0.4, 0.5) is 23.4 Å². The van der Waals surface area contributed by atoms with Crippen molar-refractivity contribution in [1.82, 2.24) is 14.4 Å². The van der Waals surface area contributed by atoms with E-state index in [4.69, 9.17) is 4.74 Å². The number of benzene rings is 1. The molecule has 1 fully saturated rings. The van der Waals surface area contributed by atoms with E-state index in [-0.39, 0.29) is 23.2 Å². The molecule has 2 aromatic rings. The number of halogens is 4. The van der Waals surface area contributed by atoms with Crippen molar-refractivity contribution >= 4 is 21.9 Å². The SMILES string of the molecule is CC(C)COc1cc(F)cc(-c2ccc(C(=O)NS(=O)(=O)NCC(C)(O)C(F)(F)F)c(N3C[C@@H](C)CC3(C)C)n2)c1. The van der Waals surface area contributed by atoms with Crippen LogP contribution in [0, 0.1) is 17.7 Å². The summed E-state index contributed by atoms with van der Waals surface area (Å²) in [5, 5.41) is 9.56. The second-order valence-corrected chi connectivity index (χ2v) is 13.2. The van der Waals surface area contributed by atoms with E-state index < -0.39 is 45.8 Å². The Bertz CT molecular complexity index is 1380. The quantitative estimate of drug-likeness (QED) is 0.343. The van der Waals surface area contributed by atoms with E-state index in [2.05, 4.69) is 4.98 Å². The second kappa shape index (κ2) is 11.7. The number of ether oxygens (including phenoxy) is 1. The van der Waals surface area contributed by atoms with Crippen molar-refractivity contribution in [2.45, 2.75) is 65.3 Å². The van der Waals surface area contributed by atoms with Crippen LogP contribution in [0.15, 0.2) is 30.3 Å². The number of nitrogens with zero attached hydrogens (tertiary/aromatic N) is 2. The van der Waals surface area contributed by atoms with Crippen LogP contribution in [0.25, 0.3) is 11.3 Å². The molecule has 3 rings (SSSR count). The largest absolute Gasteiger partial charge is 0.493 e. The van der Waals surface area contributed by atoms with Crippen molar-refractivity contribution in [1.29, 1.82) is 0 Å². The van der Waals surface area contributed by atoms with E-state index >= 15 is 0 Å². The minimum absolute atomic E-state index is 0.126. The molecule has 1 saturated heterocycles. The van der Waals surface area contributed by atoms with Gasteiger partial charge in [0.15, 0.2) is 5.60 Å². The number of hydrogen-bond donors (Lipinski definition) is 3. The summed E-state index contributed by atoms with van der Waals surface area (Å²) in [5.41, 5.74) is -3.35. The van der Waals surface area contributed by atoms with E-state index in [1.807, 2.05) is 39.5 Å². The Hall–Kier alpha value is -2.97. The molecule has 14 heteroatoms. The Labute approximate surface area is 237 Å². The van der Waals surface area contributed by atoms with Gasteiger partial charge in [-0.1, -0.05) is 20.8 Å². The molecular weight excluding hydrogens is 568 g/mol. The predicted molar refractivity (Wildman–Crippen MR) is 146 cm³/mol. The Kier molecular flexibility index (Phi) is 9.31. The number of amides is 1. The van der Waals surface area contributed by atoms with Gasteiger partial charge in [0, 0.05) is 30.3 Å². The van der Waals surface area contributed by atoms with Gasteiger partial charge in [0.1, 0.15) is 17.4 Å². The minimum atomic E-state index is -5.11. The summed E-state index contributed by atoms with van der Waals surface area (Å²) in [5.74, 6) is -0.885. The average molecular weight is 605 g/mol. The van der Waals surface area contributed by atoms with Crippen molar-refractivity contribution in [3.8, 4) is 17.0 Å². The molecule has 1 amide bonds. The Morgan fingerprint density at radius 1 is 1.24 bits per heavy atom. The fourth-order valence-corrected chi connectivity index (χ4v) is 5.45. The fraction of sp³-hybridized carbons (Fsp3) is 0.556. The summed E-state index contributed by atoms with van der Waals surface area (Å²) in [6, 6.07) is 6.85. The predicted octanol–water partition coefficient (Wildman–Crippen LogP) is 4.42. The van der Waals surface area contributed by atoms with E-state index in [1.54, 1.807) is 15.5 Å². The number of pyridine rings is 1. The van der Waals surface area contributed by atoms with Crippen LogP contribution in [-0.2, 0) is 10.2 Å². The van der Waals surface area contributed by atoms with E-state index in [1.165, 1.54) is 24.3 Å². The first-order valence-corrected chi connectivity index (χ1v) is 14.5. The number of nitrogens with one attached hydrogen (secondary N) is 2. The third-order valence-electron chi connectivity index (χ3n) is 6.64. The first kappa shape index (κ1) is 32.5. The van der Waals surface area contributed by atoms with Gasteiger partial charge in [-0.2, -0.15) is 26.3 Å². The number of anilines is 1. The molecule has 1 aromatic heterocycles. The molecule has 0 spiro atoms. The van der Waals surface area contributed by atoms with Crippen LogP contribution in [0.2, 0.25) is 0 Å². The van der Waals surface area contributed by atoms with E-state index in [0.717, 1.165) is 6.42 Å². The first-order valence-electron chi connectivity index (χ1n) is 13.0. The zero-order chi connectivity index (χ0) is 31.0. The lowest BCUT2D eigenvalue weighted by molar-refractivity contribution is -0.249. The van der Waals surface area contributed by atoms with Gasteiger partial charge >= 0.3 is 16.4 Å². The van der Waals surface area contributed by atoms with Gasteiger partial charge in [-0.3, -0.25) is 4.79 Å². The topological polar surface area (TPSA) is 121 Å². The monoisotopic (exact) mass is 604 g/mol. The maximum Gasteiger partial charge on any atom is 0.418 e. The summed E-state index contributed by atoms with van der Waals surface area (Å²) in [4.78, 5) is 19.7. The smallest absolute Gasteiger partial charge is 0.418 e. The highest BCUT2D eigenvalue weighted by molar-refractivity contribution is 7.88. The van der Waals surface area contributed by atoms with Crippen LogP contribution in [0.3, 0.4) is 0 Å². The molecule has 41 heavy (non-hydrogen) atoms.